The van der Waals surface area contributed by atoms with E-state index in [0.29, 0.717) is 5.33 Å². The summed E-state index contributed by atoms with van der Waals surface area (Å²) in [5.41, 5.74) is -0.573. The Bertz CT molecular complexity index is 136. The van der Waals surface area contributed by atoms with Crippen molar-refractivity contribution < 1.29 is 9.90 Å². The lowest BCUT2D eigenvalue weighted by Crippen LogP contribution is -2.29. The van der Waals surface area contributed by atoms with Gasteiger partial charge in [0.25, 0.3) is 0 Å². The van der Waals surface area contributed by atoms with Gasteiger partial charge in [0.05, 0.1) is 5.41 Å². The summed E-state index contributed by atoms with van der Waals surface area (Å²) in [6.45, 7) is 3.84. The van der Waals surface area contributed by atoms with E-state index in [0.717, 1.165) is 19.3 Å². The van der Waals surface area contributed by atoms with Gasteiger partial charge in [0.2, 0.25) is 0 Å². The van der Waals surface area contributed by atoms with Crippen molar-refractivity contribution in [2.24, 2.45) is 5.41 Å². The van der Waals surface area contributed by atoms with E-state index in [9.17, 15) is 4.79 Å². The molecule has 0 radical (unpaired) electrons. The lowest BCUT2D eigenvalue weighted by molar-refractivity contribution is -0.146. The van der Waals surface area contributed by atoms with E-state index in [1.807, 2.05) is 0 Å². The molecule has 0 fully saturated rings. The van der Waals surface area contributed by atoms with Crippen molar-refractivity contribution in [1.82, 2.24) is 0 Å². The van der Waals surface area contributed by atoms with Crippen molar-refractivity contribution in [3.8, 4) is 0 Å². The van der Waals surface area contributed by atoms with Crippen molar-refractivity contribution in [2.45, 2.75) is 33.1 Å². The summed E-state index contributed by atoms with van der Waals surface area (Å²) in [7, 11) is 0. The molecule has 0 saturated heterocycles. The fourth-order valence-corrected chi connectivity index (χ4v) is 1.32. The smallest absolute Gasteiger partial charge is 0.310 e. The number of halogens is 1. The van der Waals surface area contributed by atoms with Crippen LogP contribution in [0.3, 0.4) is 0 Å². The van der Waals surface area contributed by atoms with Crippen LogP contribution in [0.2, 0.25) is 0 Å². The Morgan fingerprint density at radius 3 is 2.45 bits per heavy atom. The molecule has 1 atom stereocenters. The first-order valence-corrected chi connectivity index (χ1v) is 4.98. The molecule has 0 aliphatic carbocycles. The van der Waals surface area contributed by atoms with Crippen molar-refractivity contribution in [1.29, 1.82) is 0 Å². The first kappa shape index (κ1) is 11.0. The van der Waals surface area contributed by atoms with Gasteiger partial charge in [-0.1, -0.05) is 35.7 Å². The van der Waals surface area contributed by atoms with Crippen LogP contribution in [0.4, 0.5) is 0 Å². The molecule has 11 heavy (non-hydrogen) atoms. The predicted octanol–water partition coefficient (Wildman–Crippen LogP) is 2.66. The highest BCUT2D eigenvalue weighted by atomic mass is 79.9. The molecule has 0 saturated carbocycles. The zero-order chi connectivity index (χ0) is 8.91. The zero-order valence-electron chi connectivity index (χ0n) is 7.06. The van der Waals surface area contributed by atoms with Gasteiger partial charge >= 0.3 is 5.97 Å². The Morgan fingerprint density at radius 2 is 2.18 bits per heavy atom. The standard InChI is InChI=1S/C8H15BrO2/c1-3-4-5-8(2,6-9)7(10)11/h3-6H2,1-2H3,(H,10,11). The summed E-state index contributed by atoms with van der Waals surface area (Å²) in [4.78, 5) is 10.7. The third-order valence-corrected chi connectivity index (χ3v) is 3.13. The van der Waals surface area contributed by atoms with Crippen LogP contribution in [0, 0.1) is 5.41 Å². The average Bonchev–Trinajstić information content (AvgIpc) is 2.00. The summed E-state index contributed by atoms with van der Waals surface area (Å²) in [5.74, 6) is -0.706. The number of unbranched alkanes of at least 4 members (excludes halogenated alkanes) is 1. The van der Waals surface area contributed by atoms with Crippen LogP contribution in [0.15, 0.2) is 0 Å². The molecule has 0 aromatic rings. The highest BCUT2D eigenvalue weighted by molar-refractivity contribution is 9.09. The second kappa shape index (κ2) is 4.75. The van der Waals surface area contributed by atoms with Gasteiger partial charge in [0.1, 0.15) is 0 Å². The third-order valence-electron chi connectivity index (χ3n) is 1.89. The maximum Gasteiger partial charge on any atom is 0.310 e. The fraction of sp³-hybridized carbons (Fsp3) is 0.875. The lowest BCUT2D eigenvalue weighted by Gasteiger charge is -2.21. The first-order valence-electron chi connectivity index (χ1n) is 3.86. The minimum Gasteiger partial charge on any atom is -0.481 e. The van der Waals surface area contributed by atoms with Gasteiger partial charge in [-0.25, -0.2) is 0 Å². The van der Waals surface area contributed by atoms with Crippen molar-refractivity contribution >= 4 is 21.9 Å². The number of hydrogen-bond acceptors (Lipinski definition) is 1. The number of hydrogen-bond donors (Lipinski definition) is 1. The number of aliphatic carboxylic acids is 1. The van der Waals surface area contributed by atoms with Crippen molar-refractivity contribution in [3.05, 3.63) is 0 Å². The van der Waals surface area contributed by atoms with Gasteiger partial charge in [0.15, 0.2) is 0 Å². The predicted molar refractivity (Wildman–Crippen MR) is 49.1 cm³/mol. The molecule has 66 valence electrons. The van der Waals surface area contributed by atoms with Gasteiger partial charge in [0, 0.05) is 5.33 Å². The van der Waals surface area contributed by atoms with Crippen LogP contribution in [-0.2, 0) is 4.79 Å². The summed E-state index contributed by atoms with van der Waals surface area (Å²) >= 11 is 3.22. The van der Waals surface area contributed by atoms with Gasteiger partial charge in [-0.2, -0.15) is 0 Å². The number of carbonyl (C=O) groups is 1. The topological polar surface area (TPSA) is 37.3 Å². The Morgan fingerprint density at radius 1 is 1.64 bits per heavy atom. The molecule has 0 rings (SSSR count). The van der Waals surface area contributed by atoms with Gasteiger partial charge in [-0.15, -0.1) is 0 Å². The zero-order valence-corrected chi connectivity index (χ0v) is 8.65. The first-order chi connectivity index (χ1) is 5.06. The fourth-order valence-electron chi connectivity index (χ4n) is 0.798. The summed E-state index contributed by atoms with van der Waals surface area (Å²) < 4.78 is 0. The minimum absolute atomic E-state index is 0.537. The van der Waals surface area contributed by atoms with E-state index in [1.54, 1.807) is 6.92 Å². The van der Waals surface area contributed by atoms with Crippen molar-refractivity contribution in [3.63, 3.8) is 0 Å². The molecule has 0 aromatic carbocycles. The highest BCUT2D eigenvalue weighted by Crippen LogP contribution is 2.26. The summed E-state index contributed by atoms with van der Waals surface area (Å²) in [5, 5.41) is 9.37. The van der Waals surface area contributed by atoms with Crippen molar-refractivity contribution in [2.75, 3.05) is 5.33 Å². The maximum absolute atomic E-state index is 10.7. The largest absolute Gasteiger partial charge is 0.481 e. The van der Waals surface area contributed by atoms with E-state index in [1.165, 1.54) is 0 Å². The quantitative estimate of drug-likeness (QED) is 0.727. The minimum atomic E-state index is -0.706. The number of alkyl halides is 1. The van der Waals surface area contributed by atoms with Crippen LogP contribution in [0.5, 0.6) is 0 Å². The molecular formula is C8H15BrO2. The Kier molecular flexibility index (Phi) is 4.73. The molecule has 2 nitrogen and oxygen atoms in total. The molecule has 1 N–H and O–H groups in total. The Balaban J connectivity index is 3.99. The summed E-state index contributed by atoms with van der Waals surface area (Å²) in [6.07, 6.45) is 2.79. The molecule has 0 aliphatic rings. The van der Waals surface area contributed by atoms with Crippen LogP contribution >= 0.6 is 15.9 Å². The lowest BCUT2D eigenvalue weighted by atomic mass is 9.87. The SMILES string of the molecule is CCCCC(C)(CBr)C(=O)O. The molecule has 0 spiro atoms. The van der Waals surface area contributed by atoms with Crippen LogP contribution in [0.1, 0.15) is 33.1 Å². The number of carboxylic acid groups (broad SMARTS) is 1. The molecule has 0 aliphatic heterocycles. The second-order valence-corrected chi connectivity index (χ2v) is 3.66. The van der Waals surface area contributed by atoms with E-state index in [4.69, 9.17) is 5.11 Å². The van der Waals surface area contributed by atoms with Gasteiger partial charge < -0.3 is 5.11 Å². The third kappa shape index (κ3) is 3.23. The van der Waals surface area contributed by atoms with Crippen LogP contribution < -0.4 is 0 Å². The van der Waals surface area contributed by atoms with E-state index in [-0.39, 0.29) is 0 Å². The van der Waals surface area contributed by atoms with Crippen LogP contribution in [-0.4, -0.2) is 16.4 Å². The van der Waals surface area contributed by atoms with E-state index >= 15 is 0 Å². The highest BCUT2D eigenvalue weighted by Gasteiger charge is 2.30. The van der Waals surface area contributed by atoms with Gasteiger partial charge in [-0.3, -0.25) is 4.79 Å². The maximum atomic E-state index is 10.7. The number of rotatable bonds is 5. The van der Waals surface area contributed by atoms with E-state index in [2.05, 4.69) is 22.9 Å². The molecule has 0 bridgehead atoms. The average molecular weight is 223 g/mol. The molecule has 0 amide bonds. The molecule has 0 aromatic heterocycles. The molecular weight excluding hydrogens is 208 g/mol. The Hall–Kier alpha value is -0.0500. The number of carboxylic acids is 1. The molecule has 1 unspecified atom stereocenters. The molecule has 3 heteroatoms. The normalized spacial score (nSPS) is 15.9. The summed E-state index contributed by atoms with van der Waals surface area (Å²) in [6, 6.07) is 0. The Labute approximate surface area is 76.1 Å². The van der Waals surface area contributed by atoms with Crippen LogP contribution in [0.25, 0.3) is 0 Å². The van der Waals surface area contributed by atoms with E-state index < -0.39 is 11.4 Å². The van der Waals surface area contributed by atoms with Gasteiger partial charge in [-0.05, 0) is 13.3 Å². The second-order valence-electron chi connectivity index (χ2n) is 3.10. The molecule has 0 heterocycles. The monoisotopic (exact) mass is 222 g/mol.